The number of aryl methyl sites for hydroxylation is 5. The molecule has 0 bridgehead atoms. The van der Waals surface area contributed by atoms with Crippen LogP contribution >= 0.6 is 0 Å². The maximum atomic E-state index is 13.3. The SMILES string of the molecule is Cc1cc(C)c2nc(-n3ncc(C#N)c3NC(=O)C3CCN(c4nc(C)cc(C)n4)CC3)cc(C)c2c1. The number of rotatable bonds is 4. The van der Waals surface area contributed by atoms with Crippen molar-refractivity contribution in [3.05, 3.63) is 64.1 Å². The number of carbonyl (C=O) groups is 1. The molecular formula is C28H30N8O. The number of nitrogens with one attached hydrogen (secondary N) is 1. The Morgan fingerprint density at radius 2 is 1.68 bits per heavy atom. The molecule has 1 aliphatic rings. The quantitative estimate of drug-likeness (QED) is 0.445. The molecule has 5 rings (SSSR count). The van der Waals surface area contributed by atoms with E-state index in [0.29, 0.717) is 49.1 Å². The molecular weight excluding hydrogens is 464 g/mol. The summed E-state index contributed by atoms with van der Waals surface area (Å²) >= 11 is 0. The van der Waals surface area contributed by atoms with Crippen molar-refractivity contribution < 1.29 is 4.79 Å². The molecule has 0 atom stereocenters. The summed E-state index contributed by atoms with van der Waals surface area (Å²) in [6, 6.07) is 10.3. The molecule has 188 valence electrons. The van der Waals surface area contributed by atoms with Gasteiger partial charge >= 0.3 is 0 Å². The van der Waals surface area contributed by atoms with Crippen molar-refractivity contribution in [3.63, 3.8) is 0 Å². The van der Waals surface area contributed by atoms with Gasteiger partial charge < -0.3 is 10.2 Å². The molecule has 1 aromatic carbocycles. The summed E-state index contributed by atoms with van der Waals surface area (Å²) in [4.78, 5) is 29.4. The zero-order valence-corrected chi connectivity index (χ0v) is 21.8. The van der Waals surface area contributed by atoms with Gasteiger partial charge in [0.2, 0.25) is 11.9 Å². The van der Waals surface area contributed by atoms with Gasteiger partial charge in [0.15, 0.2) is 11.6 Å². The molecule has 9 nitrogen and oxygen atoms in total. The van der Waals surface area contributed by atoms with Crippen LogP contribution in [0.25, 0.3) is 16.7 Å². The fourth-order valence-electron chi connectivity index (χ4n) is 5.07. The van der Waals surface area contributed by atoms with Crippen molar-refractivity contribution >= 4 is 28.6 Å². The lowest BCUT2D eigenvalue weighted by Crippen LogP contribution is -2.39. The van der Waals surface area contributed by atoms with Crippen molar-refractivity contribution in [1.29, 1.82) is 5.26 Å². The average Bonchev–Trinajstić information content (AvgIpc) is 3.26. The zero-order chi connectivity index (χ0) is 26.3. The van der Waals surface area contributed by atoms with Gasteiger partial charge in [-0.1, -0.05) is 11.6 Å². The van der Waals surface area contributed by atoms with Crippen molar-refractivity contribution in [1.82, 2.24) is 24.7 Å². The Morgan fingerprint density at radius 3 is 2.35 bits per heavy atom. The van der Waals surface area contributed by atoms with Crippen LogP contribution in [0.2, 0.25) is 0 Å². The number of amides is 1. The molecule has 1 N–H and O–H groups in total. The number of benzene rings is 1. The highest BCUT2D eigenvalue weighted by Crippen LogP contribution is 2.28. The molecule has 1 saturated heterocycles. The number of hydrogen-bond acceptors (Lipinski definition) is 7. The van der Waals surface area contributed by atoms with Crippen LogP contribution in [0.3, 0.4) is 0 Å². The number of nitriles is 1. The summed E-state index contributed by atoms with van der Waals surface area (Å²) in [5, 5.41) is 18.2. The second-order valence-corrected chi connectivity index (χ2v) is 9.91. The maximum absolute atomic E-state index is 13.3. The third-order valence-electron chi connectivity index (χ3n) is 6.91. The first-order valence-corrected chi connectivity index (χ1v) is 12.5. The summed E-state index contributed by atoms with van der Waals surface area (Å²) in [5.41, 5.74) is 6.35. The first-order chi connectivity index (χ1) is 17.7. The molecule has 3 aromatic heterocycles. The van der Waals surface area contributed by atoms with Crippen LogP contribution in [0.1, 0.15) is 46.5 Å². The zero-order valence-electron chi connectivity index (χ0n) is 21.8. The van der Waals surface area contributed by atoms with Gasteiger partial charge in [-0.3, -0.25) is 4.79 Å². The average molecular weight is 495 g/mol. The molecule has 0 radical (unpaired) electrons. The van der Waals surface area contributed by atoms with Crippen LogP contribution in [0, 0.1) is 51.9 Å². The van der Waals surface area contributed by atoms with E-state index in [-0.39, 0.29) is 11.8 Å². The summed E-state index contributed by atoms with van der Waals surface area (Å²) in [5.74, 6) is 1.32. The molecule has 0 aliphatic carbocycles. The predicted octanol–water partition coefficient (Wildman–Crippen LogP) is 4.48. The van der Waals surface area contributed by atoms with E-state index in [9.17, 15) is 10.1 Å². The lowest BCUT2D eigenvalue weighted by atomic mass is 9.96. The highest BCUT2D eigenvalue weighted by atomic mass is 16.2. The molecule has 1 fully saturated rings. The number of anilines is 2. The Balaban J connectivity index is 1.38. The van der Waals surface area contributed by atoms with E-state index in [1.807, 2.05) is 39.8 Å². The number of nitrogens with zero attached hydrogens (tertiary/aromatic N) is 7. The molecule has 0 spiro atoms. The van der Waals surface area contributed by atoms with Crippen molar-refractivity contribution in [2.24, 2.45) is 5.92 Å². The lowest BCUT2D eigenvalue weighted by Gasteiger charge is -2.31. The Morgan fingerprint density at radius 1 is 0.973 bits per heavy atom. The Kier molecular flexibility index (Phi) is 6.34. The minimum Gasteiger partial charge on any atom is -0.341 e. The van der Waals surface area contributed by atoms with Crippen LogP contribution in [0.15, 0.2) is 30.5 Å². The van der Waals surface area contributed by atoms with Gasteiger partial charge in [-0.2, -0.15) is 15.0 Å². The first-order valence-electron chi connectivity index (χ1n) is 12.5. The number of carbonyl (C=O) groups excluding carboxylic acids is 1. The number of hydrogen-bond donors (Lipinski definition) is 1. The molecule has 0 saturated carbocycles. The Labute approximate surface area is 216 Å². The minimum atomic E-state index is -0.187. The molecule has 1 aliphatic heterocycles. The van der Waals surface area contributed by atoms with Crippen LogP contribution in [0.4, 0.5) is 11.8 Å². The molecule has 9 heteroatoms. The molecule has 1 amide bonds. The first kappa shape index (κ1) is 24.4. The Hall–Kier alpha value is -4.32. The number of aromatic nitrogens is 5. The smallest absolute Gasteiger partial charge is 0.228 e. The third-order valence-corrected chi connectivity index (χ3v) is 6.91. The number of fused-ring (bicyclic) bond motifs is 1. The third kappa shape index (κ3) is 4.75. The molecule has 4 aromatic rings. The summed E-state index contributed by atoms with van der Waals surface area (Å²) in [6.07, 6.45) is 2.81. The second-order valence-electron chi connectivity index (χ2n) is 9.91. The fraction of sp³-hybridized carbons (Fsp3) is 0.357. The summed E-state index contributed by atoms with van der Waals surface area (Å²) in [6.45, 7) is 11.4. The number of piperidine rings is 1. The molecule has 0 unspecified atom stereocenters. The van der Waals surface area contributed by atoms with E-state index in [2.05, 4.69) is 50.4 Å². The van der Waals surface area contributed by atoms with Gasteiger partial charge in [-0.05, 0) is 76.8 Å². The largest absolute Gasteiger partial charge is 0.341 e. The van der Waals surface area contributed by atoms with Crippen molar-refractivity contribution in [2.45, 2.75) is 47.5 Å². The maximum Gasteiger partial charge on any atom is 0.228 e. The van der Waals surface area contributed by atoms with Gasteiger partial charge in [0.25, 0.3) is 0 Å². The van der Waals surface area contributed by atoms with E-state index < -0.39 is 0 Å². The van der Waals surface area contributed by atoms with E-state index in [1.54, 1.807) is 4.68 Å². The normalized spacial score (nSPS) is 14.1. The van der Waals surface area contributed by atoms with Crippen LogP contribution in [-0.4, -0.2) is 43.7 Å². The van der Waals surface area contributed by atoms with Gasteiger partial charge in [0, 0.05) is 35.8 Å². The number of pyridine rings is 1. The van der Waals surface area contributed by atoms with Crippen molar-refractivity contribution in [3.8, 4) is 11.9 Å². The van der Waals surface area contributed by atoms with E-state index >= 15 is 0 Å². The lowest BCUT2D eigenvalue weighted by molar-refractivity contribution is -0.120. The van der Waals surface area contributed by atoms with Gasteiger partial charge in [-0.25, -0.2) is 15.0 Å². The monoisotopic (exact) mass is 494 g/mol. The van der Waals surface area contributed by atoms with E-state index in [0.717, 1.165) is 33.4 Å². The van der Waals surface area contributed by atoms with Gasteiger partial charge in [0.1, 0.15) is 11.6 Å². The van der Waals surface area contributed by atoms with Crippen LogP contribution in [0.5, 0.6) is 0 Å². The van der Waals surface area contributed by atoms with E-state index in [4.69, 9.17) is 4.98 Å². The standard InChI is InChI=1S/C28H30N8O/c1-16-10-18(3)25-23(11-16)17(2)12-24(33-25)36-26(22(14-29)15-30-36)34-27(37)21-6-8-35(9-7-21)28-31-19(4)13-20(5)32-28/h10-13,15,21H,6-9H2,1-5H3,(H,34,37). The highest BCUT2D eigenvalue weighted by molar-refractivity contribution is 5.93. The fourth-order valence-corrected chi connectivity index (χ4v) is 5.07. The van der Waals surface area contributed by atoms with Crippen molar-refractivity contribution in [2.75, 3.05) is 23.3 Å². The Bertz CT molecular complexity index is 1540. The summed E-state index contributed by atoms with van der Waals surface area (Å²) in [7, 11) is 0. The second kappa shape index (κ2) is 9.62. The molecule has 37 heavy (non-hydrogen) atoms. The van der Waals surface area contributed by atoms with E-state index in [1.165, 1.54) is 11.8 Å². The van der Waals surface area contributed by atoms with Crippen LogP contribution < -0.4 is 10.2 Å². The van der Waals surface area contributed by atoms with Crippen LogP contribution in [-0.2, 0) is 4.79 Å². The predicted molar refractivity (Wildman–Crippen MR) is 143 cm³/mol. The highest BCUT2D eigenvalue weighted by Gasteiger charge is 2.28. The molecule has 4 heterocycles. The van der Waals surface area contributed by atoms with Gasteiger partial charge in [0.05, 0.1) is 11.7 Å². The summed E-state index contributed by atoms with van der Waals surface area (Å²) < 4.78 is 1.56. The van der Waals surface area contributed by atoms with Gasteiger partial charge in [-0.15, -0.1) is 0 Å². The topological polar surface area (TPSA) is 113 Å². The minimum absolute atomic E-state index is 0.122.